The van der Waals surface area contributed by atoms with Crippen molar-refractivity contribution in [3.63, 3.8) is 0 Å². The van der Waals surface area contributed by atoms with Gasteiger partial charge in [0.25, 0.3) is 0 Å². The van der Waals surface area contributed by atoms with Crippen molar-refractivity contribution in [1.29, 1.82) is 0 Å². The number of benzene rings is 2. The molecule has 0 heterocycles. The number of amides is 1. The molecule has 0 aliphatic rings. The standard InChI is InChI=1S/C21H26ClNO3/c1-16(2)10-11-23(21(24)25)12-13-26-20-9-8-18(15-19(20)22)14-17-6-4-3-5-7-17/h3-9,15-16H,10-14H2,1-2H3,(H,24,25). The van der Waals surface area contributed by atoms with E-state index < -0.39 is 6.09 Å². The fourth-order valence-electron chi connectivity index (χ4n) is 2.59. The number of rotatable bonds is 9. The summed E-state index contributed by atoms with van der Waals surface area (Å²) in [6.45, 7) is 5.27. The highest BCUT2D eigenvalue weighted by Gasteiger charge is 2.12. The van der Waals surface area contributed by atoms with Crippen LogP contribution in [0.25, 0.3) is 0 Å². The molecule has 2 aromatic carbocycles. The Bertz CT molecular complexity index is 704. The summed E-state index contributed by atoms with van der Waals surface area (Å²) in [6, 6.07) is 15.9. The van der Waals surface area contributed by atoms with Gasteiger partial charge >= 0.3 is 6.09 Å². The minimum Gasteiger partial charge on any atom is -0.490 e. The third kappa shape index (κ3) is 6.60. The van der Waals surface area contributed by atoms with Crippen LogP contribution in [0.15, 0.2) is 48.5 Å². The van der Waals surface area contributed by atoms with E-state index in [0.29, 0.717) is 29.8 Å². The van der Waals surface area contributed by atoms with E-state index in [1.165, 1.54) is 10.5 Å². The molecule has 0 atom stereocenters. The smallest absolute Gasteiger partial charge is 0.407 e. The Hall–Kier alpha value is -2.20. The Morgan fingerprint density at radius 3 is 2.46 bits per heavy atom. The number of hydrogen-bond donors (Lipinski definition) is 1. The zero-order chi connectivity index (χ0) is 18.9. The van der Waals surface area contributed by atoms with Gasteiger partial charge in [-0.05, 0) is 42.0 Å². The lowest BCUT2D eigenvalue weighted by Gasteiger charge is -2.20. The molecule has 26 heavy (non-hydrogen) atoms. The predicted molar refractivity (Wildman–Crippen MR) is 105 cm³/mol. The Morgan fingerprint density at radius 1 is 1.12 bits per heavy atom. The number of carbonyl (C=O) groups is 1. The van der Waals surface area contributed by atoms with E-state index in [0.717, 1.165) is 18.4 Å². The topological polar surface area (TPSA) is 49.8 Å². The molecule has 2 aromatic rings. The van der Waals surface area contributed by atoms with Gasteiger partial charge in [-0.3, -0.25) is 0 Å². The summed E-state index contributed by atoms with van der Waals surface area (Å²) >= 11 is 6.32. The van der Waals surface area contributed by atoms with Crippen LogP contribution in [-0.2, 0) is 6.42 Å². The summed E-state index contributed by atoms with van der Waals surface area (Å²) < 4.78 is 5.69. The van der Waals surface area contributed by atoms with E-state index >= 15 is 0 Å². The largest absolute Gasteiger partial charge is 0.490 e. The third-order valence-electron chi connectivity index (χ3n) is 4.11. The first-order chi connectivity index (χ1) is 12.5. The molecule has 0 spiro atoms. The number of nitrogens with zero attached hydrogens (tertiary/aromatic N) is 1. The summed E-state index contributed by atoms with van der Waals surface area (Å²) in [5, 5.41) is 9.80. The van der Waals surface area contributed by atoms with Crippen molar-refractivity contribution in [2.24, 2.45) is 5.92 Å². The van der Waals surface area contributed by atoms with Crippen molar-refractivity contribution < 1.29 is 14.6 Å². The minimum atomic E-state index is -0.918. The normalized spacial score (nSPS) is 10.8. The van der Waals surface area contributed by atoms with Crippen molar-refractivity contribution in [2.45, 2.75) is 26.7 Å². The van der Waals surface area contributed by atoms with E-state index in [1.54, 1.807) is 0 Å². The zero-order valence-electron chi connectivity index (χ0n) is 15.3. The first-order valence-corrected chi connectivity index (χ1v) is 9.26. The highest BCUT2D eigenvalue weighted by atomic mass is 35.5. The Balaban J connectivity index is 1.88. The van der Waals surface area contributed by atoms with Gasteiger partial charge in [-0.15, -0.1) is 0 Å². The lowest BCUT2D eigenvalue weighted by atomic mass is 10.1. The maximum absolute atomic E-state index is 11.3. The van der Waals surface area contributed by atoms with Gasteiger partial charge in [-0.1, -0.05) is 61.8 Å². The molecule has 2 rings (SSSR count). The van der Waals surface area contributed by atoms with Crippen molar-refractivity contribution in [1.82, 2.24) is 4.90 Å². The molecule has 0 unspecified atom stereocenters. The highest BCUT2D eigenvalue weighted by Crippen LogP contribution is 2.26. The quantitative estimate of drug-likeness (QED) is 0.643. The first kappa shape index (κ1) is 20.1. The Morgan fingerprint density at radius 2 is 1.85 bits per heavy atom. The van der Waals surface area contributed by atoms with Crippen LogP contribution >= 0.6 is 11.6 Å². The molecule has 4 nitrogen and oxygen atoms in total. The molecule has 0 bridgehead atoms. The van der Waals surface area contributed by atoms with Crippen LogP contribution in [0.4, 0.5) is 4.79 Å². The van der Waals surface area contributed by atoms with Gasteiger partial charge in [-0.25, -0.2) is 4.79 Å². The molecule has 1 amide bonds. The number of carboxylic acid groups (broad SMARTS) is 1. The molecule has 0 aliphatic heterocycles. The van der Waals surface area contributed by atoms with Crippen LogP contribution in [0.2, 0.25) is 5.02 Å². The van der Waals surface area contributed by atoms with Gasteiger partial charge in [0.2, 0.25) is 0 Å². The van der Waals surface area contributed by atoms with E-state index in [1.807, 2.05) is 36.4 Å². The van der Waals surface area contributed by atoms with Crippen molar-refractivity contribution in [3.8, 4) is 5.75 Å². The zero-order valence-corrected chi connectivity index (χ0v) is 16.1. The fourth-order valence-corrected chi connectivity index (χ4v) is 2.84. The molecule has 0 radical (unpaired) electrons. The molecule has 140 valence electrons. The maximum atomic E-state index is 11.3. The summed E-state index contributed by atoms with van der Waals surface area (Å²) in [6.07, 6.45) is 0.725. The summed E-state index contributed by atoms with van der Waals surface area (Å²) in [4.78, 5) is 12.7. The minimum absolute atomic E-state index is 0.280. The van der Waals surface area contributed by atoms with Gasteiger partial charge < -0.3 is 14.7 Å². The second kappa shape index (κ2) is 10.1. The van der Waals surface area contributed by atoms with Gasteiger partial charge in [-0.2, -0.15) is 0 Å². The molecule has 0 aliphatic carbocycles. The van der Waals surface area contributed by atoms with Gasteiger partial charge in [0.15, 0.2) is 0 Å². The molecule has 0 fully saturated rings. The molecular weight excluding hydrogens is 350 g/mol. The Labute approximate surface area is 160 Å². The average molecular weight is 376 g/mol. The van der Waals surface area contributed by atoms with Crippen molar-refractivity contribution in [3.05, 3.63) is 64.7 Å². The third-order valence-corrected chi connectivity index (χ3v) is 4.41. The average Bonchev–Trinajstić information content (AvgIpc) is 2.60. The fraction of sp³-hybridized carbons (Fsp3) is 0.381. The summed E-state index contributed by atoms with van der Waals surface area (Å²) in [7, 11) is 0. The summed E-state index contributed by atoms with van der Waals surface area (Å²) in [5.74, 6) is 1.04. The second-order valence-electron chi connectivity index (χ2n) is 6.73. The van der Waals surface area contributed by atoms with Crippen molar-refractivity contribution in [2.75, 3.05) is 19.7 Å². The van der Waals surface area contributed by atoms with Gasteiger partial charge in [0.1, 0.15) is 12.4 Å². The van der Waals surface area contributed by atoms with Crippen molar-refractivity contribution >= 4 is 17.7 Å². The number of halogens is 1. The predicted octanol–water partition coefficient (Wildman–Crippen LogP) is 5.34. The van der Waals surface area contributed by atoms with E-state index in [2.05, 4.69) is 26.0 Å². The highest BCUT2D eigenvalue weighted by molar-refractivity contribution is 6.32. The SMILES string of the molecule is CC(C)CCN(CCOc1ccc(Cc2ccccc2)cc1Cl)C(=O)O. The molecule has 1 N–H and O–H groups in total. The maximum Gasteiger partial charge on any atom is 0.407 e. The lowest BCUT2D eigenvalue weighted by Crippen LogP contribution is -2.34. The molecule has 0 saturated heterocycles. The van der Waals surface area contributed by atoms with E-state index in [9.17, 15) is 9.90 Å². The monoisotopic (exact) mass is 375 g/mol. The summed E-state index contributed by atoms with van der Waals surface area (Å²) in [5.41, 5.74) is 2.33. The van der Waals surface area contributed by atoms with Crippen LogP contribution in [-0.4, -0.2) is 35.8 Å². The number of hydrogen-bond acceptors (Lipinski definition) is 2. The Kier molecular flexibility index (Phi) is 7.79. The van der Waals surface area contributed by atoms with Crippen LogP contribution < -0.4 is 4.74 Å². The molecule has 5 heteroatoms. The second-order valence-corrected chi connectivity index (χ2v) is 7.13. The van der Waals surface area contributed by atoms with E-state index in [4.69, 9.17) is 16.3 Å². The first-order valence-electron chi connectivity index (χ1n) is 8.88. The van der Waals surface area contributed by atoms with E-state index in [-0.39, 0.29) is 6.61 Å². The van der Waals surface area contributed by atoms with Gasteiger partial charge in [0.05, 0.1) is 11.6 Å². The van der Waals surface area contributed by atoms with Crippen LogP contribution in [0, 0.1) is 5.92 Å². The van der Waals surface area contributed by atoms with Crippen LogP contribution in [0.1, 0.15) is 31.4 Å². The van der Waals surface area contributed by atoms with Gasteiger partial charge in [0, 0.05) is 6.54 Å². The lowest BCUT2D eigenvalue weighted by molar-refractivity contribution is 0.132. The van der Waals surface area contributed by atoms with Crippen LogP contribution in [0.3, 0.4) is 0 Å². The number of ether oxygens (including phenoxy) is 1. The molecule has 0 aromatic heterocycles. The molecule has 0 saturated carbocycles. The van der Waals surface area contributed by atoms with Crippen LogP contribution in [0.5, 0.6) is 5.75 Å². The molecular formula is C21H26ClNO3.